The fourth-order valence-electron chi connectivity index (χ4n) is 3.61. The highest BCUT2D eigenvalue weighted by Gasteiger charge is 2.32. The number of rotatable bonds is 5. The second kappa shape index (κ2) is 6.62. The van der Waals surface area contributed by atoms with Gasteiger partial charge < -0.3 is 9.47 Å². The van der Waals surface area contributed by atoms with E-state index in [9.17, 15) is 4.79 Å². The molecule has 1 aromatic carbocycles. The van der Waals surface area contributed by atoms with Gasteiger partial charge in [-0.1, -0.05) is 12.1 Å². The van der Waals surface area contributed by atoms with Crippen LogP contribution >= 0.6 is 0 Å². The smallest absolute Gasteiger partial charge is 0.223 e. The maximum atomic E-state index is 12.7. The zero-order chi connectivity index (χ0) is 17.2. The summed E-state index contributed by atoms with van der Waals surface area (Å²) in [5, 5.41) is 11.0. The molecule has 3 heterocycles. The summed E-state index contributed by atoms with van der Waals surface area (Å²) >= 11 is 0. The highest BCUT2D eigenvalue weighted by atomic mass is 16.2. The van der Waals surface area contributed by atoms with Gasteiger partial charge in [0.1, 0.15) is 12.2 Å². The molecule has 0 aliphatic carbocycles. The lowest BCUT2D eigenvalue weighted by Gasteiger charge is -2.24. The number of hydrogen-bond acceptors (Lipinski definition) is 5. The van der Waals surface area contributed by atoms with Crippen LogP contribution in [0.2, 0.25) is 0 Å². The molecule has 0 bridgehead atoms. The van der Waals surface area contributed by atoms with Crippen molar-refractivity contribution in [2.24, 2.45) is 7.05 Å². The third kappa shape index (κ3) is 2.99. The Morgan fingerprint density at radius 3 is 3.00 bits per heavy atom. The van der Waals surface area contributed by atoms with E-state index in [0.29, 0.717) is 13.0 Å². The van der Waals surface area contributed by atoms with E-state index in [4.69, 9.17) is 4.98 Å². The van der Waals surface area contributed by atoms with Crippen molar-refractivity contribution in [1.29, 1.82) is 0 Å². The number of carbonyl (C=O) groups is 1. The third-order valence-electron chi connectivity index (χ3n) is 4.86. The summed E-state index contributed by atoms with van der Waals surface area (Å²) in [7, 11) is 2.03. The molecular formula is C17H21N7O. The molecule has 0 N–H and O–H groups in total. The average Bonchev–Trinajstić information content (AvgIpc) is 3.35. The van der Waals surface area contributed by atoms with Crippen molar-refractivity contribution in [2.45, 2.75) is 38.3 Å². The van der Waals surface area contributed by atoms with Crippen molar-refractivity contribution in [3.63, 3.8) is 0 Å². The number of amides is 1. The predicted octanol–water partition coefficient (Wildman–Crippen LogP) is 1.70. The van der Waals surface area contributed by atoms with E-state index in [2.05, 4.69) is 26.2 Å². The van der Waals surface area contributed by atoms with E-state index in [0.717, 1.165) is 42.7 Å². The number of carbonyl (C=O) groups excluding carboxylic acids is 1. The number of benzene rings is 1. The lowest BCUT2D eigenvalue weighted by molar-refractivity contribution is -0.132. The first-order valence-corrected chi connectivity index (χ1v) is 8.65. The lowest BCUT2D eigenvalue weighted by atomic mass is 10.2. The van der Waals surface area contributed by atoms with Gasteiger partial charge in [-0.25, -0.2) is 9.67 Å². The summed E-state index contributed by atoms with van der Waals surface area (Å²) in [5.74, 6) is 1.16. The first-order chi connectivity index (χ1) is 12.2. The number of aryl methyl sites for hydroxylation is 2. The molecule has 1 saturated heterocycles. The van der Waals surface area contributed by atoms with Crippen molar-refractivity contribution < 1.29 is 4.79 Å². The number of tetrazole rings is 1. The van der Waals surface area contributed by atoms with Gasteiger partial charge in [-0.2, -0.15) is 0 Å². The van der Waals surface area contributed by atoms with Crippen molar-refractivity contribution >= 4 is 16.9 Å². The Morgan fingerprint density at radius 1 is 1.32 bits per heavy atom. The molecule has 1 amide bonds. The third-order valence-corrected chi connectivity index (χ3v) is 4.86. The Labute approximate surface area is 145 Å². The molecule has 8 nitrogen and oxygen atoms in total. The van der Waals surface area contributed by atoms with Gasteiger partial charge in [0.15, 0.2) is 0 Å². The van der Waals surface area contributed by atoms with E-state index in [-0.39, 0.29) is 11.9 Å². The predicted molar refractivity (Wildman–Crippen MR) is 91.5 cm³/mol. The summed E-state index contributed by atoms with van der Waals surface area (Å²) < 4.78 is 3.77. The van der Waals surface area contributed by atoms with Crippen LogP contribution in [-0.4, -0.2) is 47.1 Å². The second-order valence-corrected chi connectivity index (χ2v) is 6.44. The van der Waals surface area contributed by atoms with E-state index in [1.165, 1.54) is 0 Å². The van der Waals surface area contributed by atoms with Gasteiger partial charge in [-0.15, -0.1) is 5.10 Å². The first-order valence-electron chi connectivity index (χ1n) is 8.65. The van der Waals surface area contributed by atoms with Gasteiger partial charge in [0.25, 0.3) is 0 Å². The van der Waals surface area contributed by atoms with Crippen molar-refractivity contribution in [3.8, 4) is 0 Å². The minimum atomic E-state index is 0.0675. The van der Waals surface area contributed by atoms with Gasteiger partial charge in [-0.05, 0) is 41.8 Å². The van der Waals surface area contributed by atoms with Crippen molar-refractivity contribution in [1.82, 2.24) is 34.7 Å². The molecular weight excluding hydrogens is 318 g/mol. The number of aromatic nitrogens is 6. The van der Waals surface area contributed by atoms with Crippen LogP contribution in [-0.2, 0) is 18.4 Å². The fraction of sp³-hybridized carbons (Fsp3) is 0.471. The van der Waals surface area contributed by atoms with E-state index < -0.39 is 0 Å². The Bertz CT molecular complexity index is 870. The highest BCUT2D eigenvalue weighted by molar-refractivity contribution is 5.78. The Hall–Kier alpha value is -2.77. The van der Waals surface area contributed by atoms with Crippen LogP contribution in [0, 0.1) is 0 Å². The summed E-state index contributed by atoms with van der Waals surface area (Å²) in [6.45, 7) is 1.46. The molecule has 3 aromatic rings. The summed E-state index contributed by atoms with van der Waals surface area (Å²) in [6, 6.07) is 8.17. The number of nitrogens with zero attached hydrogens (tertiary/aromatic N) is 7. The molecule has 0 saturated carbocycles. The van der Waals surface area contributed by atoms with Gasteiger partial charge in [-0.3, -0.25) is 4.79 Å². The van der Waals surface area contributed by atoms with Gasteiger partial charge in [0.2, 0.25) is 5.91 Å². The van der Waals surface area contributed by atoms with Crippen LogP contribution in [0.3, 0.4) is 0 Å². The van der Waals surface area contributed by atoms with Gasteiger partial charge >= 0.3 is 0 Å². The van der Waals surface area contributed by atoms with Crippen LogP contribution in [0.4, 0.5) is 0 Å². The van der Waals surface area contributed by atoms with E-state index in [1.54, 1.807) is 11.0 Å². The molecule has 0 radical (unpaired) electrons. The van der Waals surface area contributed by atoms with Crippen molar-refractivity contribution in [3.05, 3.63) is 36.4 Å². The van der Waals surface area contributed by atoms with Crippen LogP contribution in [0.15, 0.2) is 30.6 Å². The van der Waals surface area contributed by atoms with Crippen LogP contribution in [0.25, 0.3) is 11.0 Å². The minimum absolute atomic E-state index is 0.0675. The molecule has 0 unspecified atom stereocenters. The average molecular weight is 339 g/mol. The number of fused-ring (bicyclic) bond motifs is 1. The lowest BCUT2D eigenvalue weighted by Crippen LogP contribution is -2.31. The number of imidazole rings is 1. The molecule has 4 rings (SSSR count). The number of para-hydroxylation sites is 2. The molecule has 130 valence electrons. The number of likely N-dealkylation sites (tertiary alicyclic amines) is 1. The largest absolute Gasteiger partial charge is 0.333 e. The normalized spacial score (nSPS) is 17.5. The standard InChI is InChI=1S/C17H21N7O/c1-22-14-7-3-2-6-13(14)19-17(22)15-8-4-11-24(15)16(25)9-5-10-23-12-18-20-21-23/h2-3,6-7,12,15H,4-5,8-11H2,1H3/t15-/m0/s1. The molecule has 1 fully saturated rings. The molecule has 1 aliphatic rings. The molecule has 1 aliphatic heterocycles. The summed E-state index contributed by atoms with van der Waals surface area (Å²) in [6.07, 6.45) is 4.79. The molecule has 1 atom stereocenters. The SMILES string of the molecule is Cn1c([C@@H]2CCCN2C(=O)CCCn2cnnn2)nc2ccccc21. The second-order valence-electron chi connectivity index (χ2n) is 6.44. The van der Waals surface area contributed by atoms with Crippen LogP contribution in [0.5, 0.6) is 0 Å². The molecule has 0 spiro atoms. The first kappa shape index (κ1) is 15.7. The Morgan fingerprint density at radius 2 is 2.20 bits per heavy atom. The fourth-order valence-corrected chi connectivity index (χ4v) is 3.61. The summed E-state index contributed by atoms with van der Waals surface area (Å²) in [4.78, 5) is 19.5. The Kier molecular flexibility index (Phi) is 4.17. The van der Waals surface area contributed by atoms with Crippen LogP contribution < -0.4 is 0 Å². The molecule has 2 aromatic heterocycles. The van der Waals surface area contributed by atoms with E-state index in [1.807, 2.05) is 30.1 Å². The quantitative estimate of drug-likeness (QED) is 0.707. The maximum Gasteiger partial charge on any atom is 0.223 e. The maximum absolute atomic E-state index is 12.7. The van der Waals surface area contributed by atoms with Gasteiger partial charge in [0, 0.05) is 26.6 Å². The minimum Gasteiger partial charge on any atom is -0.333 e. The zero-order valence-corrected chi connectivity index (χ0v) is 14.2. The van der Waals surface area contributed by atoms with E-state index >= 15 is 0 Å². The molecule has 25 heavy (non-hydrogen) atoms. The number of hydrogen-bond donors (Lipinski definition) is 0. The van der Waals surface area contributed by atoms with Crippen LogP contribution in [0.1, 0.15) is 37.5 Å². The highest BCUT2D eigenvalue weighted by Crippen LogP contribution is 2.33. The monoisotopic (exact) mass is 339 g/mol. The summed E-state index contributed by atoms with van der Waals surface area (Å²) in [5.41, 5.74) is 2.09. The zero-order valence-electron chi connectivity index (χ0n) is 14.2. The Balaban J connectivity index is 1.47. The van der Waals surface area contributed by atoms with Crippen molar-refractivity contribution in [2.75, 3.05) is 6.54 Å². The topological polar surface area (TPSA) is 81.7 Å². The van der Waals surface area contributed by atoms with Gasteiger partial charge in [0.05, 0.1) is 17.1 Å². The molecule has 8 heteroatoms.